The topological polar surface area (TPSA) is 65.5 Å². The first kappa shape index (κ1) is 14.8. The van der Waals surface area contributed by atoms with Gasteiger partial charge < -0.3 is 15.3 Å². The Morgan fingerprint density at radius 1 is 1.45 bits per heavy atom. The van der Waals surface area contributed by atoms with Gasteiger partial charge in [0.05, 0.1) is 5.56 Å². The van der Waals surface area contributed by atoms with E-state index in [1.807, 2.05) is 6.92 Å². The van der Waals surface area contributed by atoms with Gasteiger partial charge in [-0.3, -0.25) is 0 Å². The molecule has 5 nitrogen and oxygen atoms in total. The number of carbonyl (C=O) groups is 1. The van der Waals surface area contributed by atoms with Gasteiger partial charge in [-0.25, -0.2) is 9.78 Å². The molecule has 1 aliphatic heterocycles. The number of anilines is 1. The normalized spacial score (nSPS) is 16.1. The van der Waals surface area contributed by atoms with Crippen LogP contribution in [0.1, 0.15) is 42.2 Å². The Labute approximate surface area is 120 Å². The fourth-order valence-electron chi connectivity index (χ4n) is 2.77. The van der Waals surface area contributed by atoms with Crippen LogP contribution in [0.4, 0.5) is 5.82 Å². The molecule has 0 amide bonds. The maximum atomic E-state index is 11.2. The van der Waals surface area contributed by atoms with E-state index in [0.717, 1.165) is 50.4 Å². The van der Waals surface area contributed by atoms with Gasteiger partial charge in [-0.05, 0) is 51.4 Å². The second-order valence-electron chi connectivity index (χ2n) is 5.34. The molecule has 110 valence electrons. The number of aromatic carboxylic acids is 1. The summed E-state index contributed by atoms with van der Waals surface area (Å²) in [5.74, 6) is -0.0883. The van der Waals surface area contributed by atoms with Crippen LogP contribution >= 0.6 is 0 Å². The average molecular weight is 277 g/mol. The Morgan fingerprint density at radius 3 is 2.75 bits per heavy atom. The van der Waals surface area contributed by atoms with E-state index in [4.69, 9.17) is 0 Å². The summed E-state index contributed by atoms with van der Waals surface area (Å²) >= 11 is 0. The first-order valence-corrected chi connectivity index (χ1v) is 7.31. The molecule has 20 heavy (non-hydrogen) atoms. The molecule has 5 heteroatoms. The maximum absolute atomic E-state index is 11.2. The third-order valence-corrected chi connectivity index (χ3v) is 3.70. The monoisotopic (exact) mass is 277 g/mol. The fraction of sp³-hybridized carbons (Fsp3) is 0.600. The van der Waals surface area contributed by atoms with E-state index in [0.29, 0.717) is 11.6 Å². The maximum Gasteiger partial charge on any atom is 0.335 e. The number of carboxylic acids is 1. The summed E-state index contributed by atoms with van der Waals surface area (Å²) in [4.78, 5) is 18.0. The molecule has 0 aliphatic carbocycles. The first-order chi connectivity index (χ1) is 9.61. The largest absolute Gasteiger partial charge is 0.478 e. The molecule has 0 atom stereocenters. The molecule has 2 rings (SSSR count). The number of piperidine rings is 1. The Bertz CT molecular complexity index is 470. The summed E-state index contributed by atoms with van der Waals surface area (Å²) in [6, 6.07) is 3.78. The quantitative estimate of drug-likeness (QED) is 0.862. The first-order valence-electron chi connectivity index (χ1n) is 7.31. The summed E-state index contributed by atoms with van der Waals surface area (Å²) in [7, 11) is 0. The van der Waals surface area contributed by atoms with E-state index >= 15 is 0 Å². The van der Waals surface area contributed by atoms with Crippen molar-refractivity contribution in [2.24, 2.45) is 0 Å². The number of aromatic nitrogens is 1. The lowest BCUT2D eigenvalue weighted by atomic mass is 10.0. The molecule has 1 aromatic rings. The van der Waals surface area contributed by atoms with Crippen LogP contribution < -0.4 is 10.2 Å². The number of nitrogens with one attached hydrogen (secondary N) is 1. The Morgan fingerprint density at radius 2 is 2.15 bits per heavy atom. The molecule has 0 saturated carbocycles. The highest BCUT2D eigenvalue weighted by molar-refractivity contribution is 5.88. The standard InChI is InChI=1S/C15H23N3O2/c1-3-8-18(13-4-6-16-7-5-13)14-10-12(15(19)20)9-11(2)17-14/h9-10,13,16H,3-8H2,1-2H3,(H,19,20). The Hall–Kier alpha value is -1.62. The highest BCUT2D eigenvalue weighted by Gasteiger charge is 2.22. The van der Waals surface area contributed by atoms with Gasteiger partial charge in [0.25, 0.3) is 0 Å². The molecule has 2 N–H and O–H groups in total. The fourth-order valence-corrected chi connectivity index (χ4v) is 2.77. The molecular formula is C15H23N3O2. The highest BCUT2D eigenvalue weighted by atomic mass is 16.4. The summed E-state index contributed by atoms with van der Waals surface area (Å²) in [6.07, 6.45) is 3.19. The lowest BCUT2D eigenvalue weighted by Crippen LogP contribution is -2.44. The van der Waals surface area contributed by atoms with Gasteiger partial charge in [-0.2, -0.15) is 0 Å². The van der Waals surface area contributed by atoms with Crippen LogP contribution in [-0.4, -0.2) is 41.7 Å². The summed E-state index contributed by atoms with van der Waals surface area (Å²) in [6.45, 7) is 6.94. The van der Waals surface area contributed by atoms with Crippen LogP contribution in [0.15, 0.2) is 12.1 Å². The zero-order valence-corrected chi connectivity index (χ0v) is 12.2. The minimum atomic E-state index is -0.890. The van der Waals surface area contributed by atoms with Crippen molar-refractivity contribution in [2.75, 3.05) is 24.5 Å². The van der Waals surface area contributed by atoms with Gasteiger partial charge in [0.15, 0.2) is 0 Å². The highest BCUT2D eigenvalue weighted by Crippen LogP contribution is 2.22. The number of carboxylic acid groups (broad SMARTS) is 1. The molecule has 1 fully saturated rings. The van der Waals surface area contributed by atoms with Gasteiger partial charge in [-0.1, -0.05) is 6.92 Å². The van der Waals surface area contributed by atoms with Crippen LogP contribution in [-0.2, 0) is 0 Å². The number of rotatable bonds is 5. The molecule has 1 saturated heterocycles. The molecular weight excluding hydrogens is 254 g/mol. The van der Waals surface area contributed by atoms with Crippen LogP contribution in [0.3, 0.4) is 0 Å². The third kappa shape index (κ3) is 3.48. The molecule has 2 heterocycles. The van der Waals surface area contributed by atoms with Crippen molar-refractivity contribution < 1.29 is 9.90 Å². The van der Waals surface area contributed by atoms with E-state index in [1.165, 1.54) is 0 Å². The van der Waals surface area contributed by atoms with E-state index in [-0.39, 0.29) is 0 Å². The SMILES string of the molecule is CCCN(c1cc(C(=O)O)cc(C)n1)C1CCNCC1. The van der Waals surface area contributed by atoms with Gasteiger partial charge in [0, 0.05) is 18.3 Å². The molecule has 0 radical (unpaired) electrons. The molecule has 0 spiro atoms. The zero-order chi connectivity index (χ0) is 14.5. The van der Waals surface area contributed by atoms with Crippen molar-refractivity contribution in [1.82, 2.24) is 10.3 Å². The van der Waals surface area contributed by atoms with Crippen molar-refractivity contribution in [1.29, 1.82) is 0 Å². The molecule has 1 aromatic heterocycles. The van der Waals surface area contributed by atoms with Crippen LogP contribution in [0.25, 0.3) is 0 Å². The second kappa shape index (κ2) is 6.70. The van der Waals surface area contributed by atoms with Crippen LogP contribution in [0, 0.1) is 6.92 Å². The molecule has 0 unspecified atom stereocenters. The molecule has 0 aromatic carbocycles. The summed E-state index contributed by atoms with van der Waals surface area (Å²) < 4.78 is 0. The van der Waals surface area contributed by atoms with Crippen molar-refractivity contribution in [2.45, 2.75) is 39.2 Å². The van der Waals surface area contributed by atoms with Crippen molar-refractivity contribution in [3.8, 4) is 0 Å². The van der Waals surface area contributed by atoms with Gasteiger partial charge in [-0.15, -0.1) is 0 Å². The van der Waals surface area contributed by atoms with Crippen LogP contribution in [0.5, 0.6) is 0 Å². The Kier molecular flexibility index (Phi) is 4.95. The average Bonchev–Trinajstić information content (AvgIpc) is 2.45. The van der Waals surface area contributed by atoms with E-state index in [2.05, 4.69) is 22.1 Å². The zero-order valence-electron chi connectivity index (χ0n) is 12.2. The van der Waals surface area contributed by atoms with Crippen molar-refractivity contribution in [3.63, 3.8) is 0 Å². The van der Waals surface area contributed by atoms with E-state index in [1.54, 1.807) is 12.1 Å². The number of hydrogen-bond acceptors (Lipinski definition) is 4. The minimum Gasteiger partial charge on any atom is -0.478 e. The Balaban J connectivity index is 2.30. The lowest BCUT2D eigenvalue weighted by molar-refractivity contribution is 0.0696. The number of nitrogens with zero attached hydrogens (tertiary/aromatic N) is 2. The van der Waals surface area contributed by atoms with Gasteiger partial charge in [0.1, 0.15) is 5.82 Å². The van der Waals surface area contributed by atoms with Crippen LogP contribution in [0.2, 0.25) is 0 Å². The summed E-state index contributed by atoms with van der Waals surface area (Å²) in [5, 5.41) is 12.6. The van der Waals surface area contributed by atoms with Crippen molar-refractivity contribution >= 4 is 11.8 Å². The second-order valence-corrected chi connectivity index (χ2v) is 5.34. The van der Waals surface area contributed by atoms with Crippen molar-refractivity contribution in [3.05, 3.63) is 23.4 Å². The van der Waals surface area contributed by atoms with Gasteiger partial charge >= 0.3 is 5.97 Å². The molecule has 0 bridgehead atoms. The minimum absolute atomic E-state index is 0.322. The lowest BCUT2D eigenvalue weighted by Gasteiger charge is -2.35. The summed E-state index contributed by atoms with van der Waals surface area (Å²) in [5.41, 5.74) is 1.08. The number of hydrogen-bond donors (Lipinski definition) is 2. The number of pyridine rings is 1. The third-order valence-electron chi connectivity index (χ3n) is 3.70. The number of aryl methyl sites for hydroxylation is 1. The predicted octanol–water partition coefficient (Wildman–Crippen LogP) is 2.06. The smallest absolute Gasteiger partial charge is 0.335 e. The van der Waals surface area contributed by atoms with E-state index in [9.17, 15) is 9.90 Å². The van der Waals surface area contributed by atoms with E-state index < -0.39 is 5.97 Å². The molecule has 1 aliphatic rings. The predicted molar refractivity (Wildman–Crippen MR) is 79.5 cm³/mol. The van der Waals surface area contributed by atoms with Gasteiger partial charge in [0.2, 0.25) is 0 Å².